The molecule has 0 saturated heterocycles. The van der Waals surface area contributed by atoms with Crippen LogP contribution in [0.4, 0.5) is 0 Å². The van der Waals surface area contributed by atoms with Crippen LogP contribution in [0.15, 0.2) is 29.6 Å². The van der Waals surface area contributed by atoms with E-state index >= 15 is 0 Å². The summed E-state index contributed by atoms with van der Waals surface area (Å²) >= 11 is 1.79. The molecule has 0 saturated carbocycles. The topological polar surface area (TPSA) is 42.1 Å². The molecule has 0 aromatic carbocycles. The van der Waals surface area contributed by atoms with Crippen molar-refractivity contribution in [1.29, 1.82) is 0 Å². The molecular formula is C16H23N3S. The lowest BCUT2D eigenvalue weighted by Gasteiger charge is -2.30. The van der Waals surface area contributed by atoms with Gasteiger partial charge in [0.25, 0.3) is 0 Å². The largest absolute Gasteiger partial charge is 0.326 e. The summed E-state index contributed by atoms with van der Waals surface area (Å²) in [7, 11) is 2.12. The first-order chi connectivity index (χ1) is 9.49. The van der Waals surface area contributed by atoms with E-state index in [2.05, 4.69) is 54.4 Å². The van der Waals surface area contributed by atoms with E-state index in [9.17, 15) is 0 Å². The third-order valence-corrected chi connectivity index (χ3v) is 4.59. The second-order valence-electron chi connectivity index (χ2n) is 5.46. The van der Waals surface area contributed by atoms with Gasteiger partial charge in [0.1, 0.15) is 0 Å². The van der Waals surface area contributed by atoms with Crippen molar-refractivity contribution in [3.8, 4) is 0 Å². The number of hydrogen-bond donors (Lipinski definition) is 1. The number of thiophene rings is 1. The van der Waals surface area contributed by atoms with Crippen molar-refractivity contribution in [3.05, 3.63) is 51.5 Å². The van der Waals surface area contributed by atoms with Crippen LogP contribution in [0.3, 0.4) is 0 Å². The Hall–Kier alpha value is -1.23. The maximum Gasteiger partial charge on any atom is 0.0594 e. The van der Waals surface area contributed by atoms with Crippen molar-refractivity contribution in [2.45, 2.75) is 39.4 Å². The van der Waals surface area contributed by atoms with E-state index in [1.807, 2.05) is 13.0 Å². The van der Waals surface area contributed by atoms with Crippen molar-refractivity contribution in [3.63, 3.8) is 0 Å². The molecule has 2 heterocycles. The number of pyridine rings is 1. The molecule has 108 valence electrons. The van der Waals surface area contributed by atoms with E-state index < -0.39 is 0 Å². The third-order valence-electron chi connectivity index (χ3n) is 3.50. The molecule has 0 bridgehead atoms. The molecule has 0 radical (unpaired) electrons. The first-order valence-electron chi connectivity index (χ1n) is 6.91. The van der Waals surface area contributed by atoms with Gasteiger partial charge in [-0.15, -0.1) is 11.3 Å². The fourth-order valence-corrected chi connectivity index (χ4v) is 3.78. The zero-order valence-corrected chi connectivity index (χ0v) is 13.4. The molecule has 2 aromatic rings. The molecule has 2 N–H and O–H groups in total. The highest BCUT2D eigenvalue weighted by Crippen LogP contribution is 2.30. The van der Waals surface area contributed by atoms with E-state index in [4.69, 9.17) is 5.73 Å². The number of aromatic nitrogens is 1. The number of rotatable bonds is 5. The molecule has 0 amide bonds. The molecule has 0 aliphatic rings. The van der Waals surface area contributed by atoms with Gasteiger partial charge in [0, 0.05) is 23.2 Å². The van der Waals surface area contributed by atoms with Gasteiger partial charge >= 0.3 is 0 Å². The van der Waals surface area contributed by atoms with Crippen molar-refractivity contribution in [2.75, 3.05) is 7.05 Å². The summed E-state index contributed by atoms with van der Waals surface area (Å²) < 4.78 is 0. The Kier molecular flexibility index (Phi) is 4.91. The first-order valence-corrected chi connectivity index (χ1v) is 7.79. The summed E-state index contributed by atoms with van der Waals surface area (Å²) in [6, 6.07) is 8.63. The maximum absolute atomic E-state index is 6.23. The van der Waals surface area contributed by atoms with Gasteiger partial charge in [-0.1, -0.05) is 6.07 Å². The zero-order valence-electron chi connectivity index (χ0n) is 12.6. The predicted molar refractivity (Wildman–Crippen MR) is 85.9 cm³/mol. The smallest absolute Gasteiger partial charge is 0.0594 e. The van der Waals surface area contributed by atoms with Crippen molar-refractivity contribution < 1.29 is 0 Å². The van der Waals surface area contributed by atoms with E-state index in [1.165, 1.54) is 10.4 Å². The molecule has 2 unspecified atom stereocenters. The lowest BCUT2D eigenvalue weighted by Crippen LogP contribution is -2.37. The molecule has 3 nitrogen and oxygen atoms in total. The average molecular weight is 289 g/mol. The molecule has 0 fully saturated rings. The maximum atomic E-state index is 6.23. The second kappa shape index (κ2) is 6.48. The van der Waals surface area contributed by atoms with Gasteiger partial charge in [0.05, 0.1) is 11.7 Å². The number of nitrogens with zero attached hydrogens (tertiary/aromatic N) is 2. The lowest BCUT2D eigenvalue weighted by molar-refractivity contribution is 0.211. The third kappa shape index (κ3) is 3.45. The van der Waals surface area contributed by atoms with Crippen molar-refractivity contribution in [2.24, 2.45) is 5.73 Å². The molecule has 4 heteroatoms. The van der Waals surface area contributed by atoms with Gasteiger partial charge in [-0.25, -0.2) is 0 Å². The quantitative estimate of drug-likeness (QED) is 0.918. The Morgan fingerprint density at radius 1 is 1.30 bits per heavy atom. The molecule has 0 aliphatic heterocycles. The number of hydrogen-bond acceptors (Lipinski definition) is 4. The highest BCUT2D eigenvalue weighted by Gasteiger charge is 2.24. The number of likely N-dealkylation sites (N-methyl/N-ethyl adjacent to an activating group) is 1. The van der Waals surface area contributed by atoms with Gasteiger partial charge in [-0.2, -0.15) is 0 Å². The molecule has 0 aliphatic carbocycles. The molecular weight excluding hydrogens is 266 g/mol. The van der Waals surface area contributed by atoms with Crippen LogP contribution >= 0.6 is 11.3 Å². The summed E-state index contributed by atoms with van der Waals surface area (Å²) in [5.41, 5.74) is 9.69. The van der Waals surface area contributed by atoms with Crippen LogP contribution in [0.1, 0.15) is 34.8 Å². The number of nitrogens with two attached hydrogens (primary N) is 1. The van der Waals surface area contributed by atoms with Crippen LogP contribution in [-0.2, 0) is 6.54 Å². The van der Waals surface area contributed by atoms with E-state index in [-0.39, 0.29) is 12.1 Å². The van der Waals surface area contributed by atoms with Gasteiger partial charge in [0.15, 0.2) is 0 Å². The normalized spacial score (nSPS) is 14.5. The molecule has 2 rings (SSSR count). The van der Waals surface area contributed by atoms with Crippen molar-refractivity contribution in [1.82, 2.24) is 9.88 Å². The first kappa shape index (κ1) is 15.2. The fourth-order valence-electron chi connectivity index (χ4n) is 2.57. The Morgan fingerprint density at radius 3 is 2.60 bits per heavy atom. The highest BCUT2D eigenvalue weighted by molar-refractivity contribution is 7.10. The Morgan fingerprint density at radius 2 is 2.05 bits per heavy atom. The molecule has 2 aromatic heterocycles. The van der Waals surface area contributed by atoms with Crippen LogP contribution in [0.2, 0.25) is 0 Å². The van der Waals surface area contributed by atoms with Crippen LogP contribution in [0.25, 0.3) is 0 Å². The minimum atomic E-state index is 0.0853. The summed E-state index contributed by atoms with van der Waals surface area (Å²) in [4.78, 5) is 8.23. The van der Waals surface area contributed by atoms with E-state index in [0.29, 0.717) is 0 Å². The fraction of sp³-hybridized carbons (Fsp3) is 0.438. The minimum Gasteiger partial charge on any atom is -0.326 e. The van der Waals surface area contributed by atoms with Gasteiger partial charge in [0.2, 0.25) is 0 Å². The van der Waals surface area contributed by atoms with Gasteiger partial charge in [-0.3, -0.25) is 9.88 Å². The van der Waals surface area contributed by atoms with Gasteiger partial charge < -0.3 is 5.73 Å². The zero-order chi connectivity index (χ0) is 14.7. The Balaban J connectivity index is 2.20. The lowest BCUT2D eigenvalue weighted by atomic mass is 10.0. The van der Waals surface area contributed by atoms with Crippen molar-refractivity contribution >= 4 is 11.3 Å². The van der Waals surface area contributed by atoms with E-state index in [0.717, 1.165) is 17.9 Å². The van der Waals surface area contributed by atoms with Crippen LogP contribution < -0.4 is 5.73 Å². The average Bonchev–Trinajstić information content (AvgIpc) is 2.75. The Labute approximate surface area is 125 Å². The molecule has 2 atom stereocenters. The molecule has 20 heavy (non-hydrogen) atoms. The summed E-state index contributed by atoms with van der Waals surface area (Å²) in [6.07, 6.45) is 0. The van der Waals surface area contributed by atoms with Crippen LogP contribution in [0.5, 0.6) is 0 Å². The Bertz CT molecular complexity index is 562. The SMILES string of the molecule is Cc1cccc(CN(C)C(c2sccc2C)C(C)N)n1. The minimum absolute atomic E-state index is 0.0853. The monoisotopic (exact) mass is 289 g/mol. The molecule has 0 spiro atoms. The second-order valence-corrected chi connectivity index (χ2v) is 6.40. The summed E-state index contributed by atoms with van der Waals surface area (Å²) in [5, 5.41) is 2.14. The summed E-state index contributed by atoms with van der Waals surface area (Å²) in [5.74, 6) is 0. The summed E-state index contributed by atoms with van der Waals surface area (Å²) in [6.45, 7) is 7.06. The highest BCUT2D eigenvalue weighted by atomic mass is 32.1. The van der Waals surface area contributed by atoms with Crippen LogP contribution in [-0.4, -0.2) is 23.0 Å². The van der Waals surface area contributed by atoms with Crippen LogP contribution in [0, 0.1) is 13.8 Å². The predicted octanol–water partition coefficient (Wildman–Crippen LogP) is 3.28. The van der Waals surface area contributed by atoms with Gasteiger partial charge in [-0.05, 0) is 57.0 Å². The number of aryl methyl sites for hydroxylation is 2. The standard InChI is InChI=1S/C16H23N3S/c1-11-8-9-20-16(11)15(13(3)17)19(4)10-14-7-5-6-12(2)18-14/h5-9,13,15H,10,17H2,1-4H3. The van der Waals surface area contributed by atoms with E-state index in [1.54, 1.807) is 11.3 Å².